The van der Waals surface area contributed by atoms with Crippen LogP contribution in [0.5, 0.6) is 0 Å². The van der Waals surface area contributed by atoms with Crippen molar-refractivity contribution < 1.29 is 4.79 Å². The SMILES string of the molecule is Cc1ccc(C(=O)NC(CN)C2CCCCC2)cc1Br. The third-order valence-corrected chi connectivity index (χ3v) is 5.08. The van der Waals surface area contributed by atoms with E-state index in [1.54, 1.807) is 0 Å². The van der Waals surface area contributed by atoms with Gasteiger partial charge in [0.25, 0.3) is 5.91 Å². The van der Waals surface area contributed by atoms with E-state index in [2.05, 4.69) is 21.2 Å². The summed E-state index contributed by atoms with van der Waals surface area (Å²) in [5.41, 5.74) is 7.68. The lowest BCUT2D eigenvalue weighted by atomic mass is 9.84. The molecule has 0 bridgehead atoms. The van der Waals surface area contributed by atoms with Crippen molar-refractivity contribution in [2.45, 2.75) is 45.1 Å². The van der Waals surface area contributed by atoms with E-state index in [1.807, 2.05) is 25.1 Å². The number of aryl methyl sites for hydroxylation is 1. The van der Waals surface area contributed by atoms with Crippen LogP contribution in [0.25, 0.3) is 0 Å². The van der Waals surface area contributed by atoms with Gasteiger partial charge >= 0.3 is 0 Å². The molecule has 0 aliphatic heterocycles. The first-order valence-electron chi connectivity index (χ1n) is 7.39. The van der Waals surface area contributed by atoms with Crippen LogP contribution in [0.4, 0.5) is 0 Å². The lowest BCUT2D eigenvalue weighted by Gasteiger charge is -2.30. The fourth-order valence-corrected chi connectivity index (χ4v) is 3.27. The number of nitrogens with one attached hydrogen (secondary N) is 1. The summed E-state index contributed by atoms with van der Waals surface area (Å²) in [4.78, 5) is 12.3. The molecule has 0 heterocycles. The van der Waals surface area contributed by atoms with E-state index >= 15 is 0 Å². The van der Waals surface area contributed by atoms with E-state index in [9.17, 15) is 4.79 Å². The second-order valence-corrected chi connectivity index (χ2v) is 6.53. The highest BCUT2D eigenvalue weighted by atomic mass is 79.9. The molecule has 1 amide bonds. The fourth-order valence-electron chi connectivity index (χ4n) is 2.89. The van der Waals surface area contributed by atoms with E-state index in [1.165, 1.54) is 32.1 Å². The van der Waals surface area contributed by atoms with Crippen molar-refractivity contribution in [3.05, 3.63) is 33.8 Å². The molecule has 1 saturated carbocycles. The Balaban J connectivity index is 2.02. The van der Waals surface area contributed by atoms with Crippen molar-refractivity contribution in [1.29, 1.82) is 0 Å². The summed E-state index contributed by atoms with van der Waals surface area (Å²) in [5, 5.41) is 3.11. The number of nitrogens with two attached hydrogens (primary N) is 1. The van der Waals surface area contributed by atoms with Gasteiger partial charge in [-0.1, -0.05) is 41.3 Å². The summed E-state index contributed by atoms with van der Waals surface area (Å²) in [7, 11) is 0. The zero-order chi connectivity index (χ0) is 14.5. The fraction of sp³-hybridized carbons (Fsp3) is 0.562. The number of hydrogen-bond acceptors (Lipinski definition) is 2. The molecule has 0 aromatic heterocycles. The zero-order valence-electron chi connectivity index (χ0n) is 12.0. The number of rotatable bonds is 4. The van der Waals surface area contributed by atoms with Crippen molar-refractivity contribution >= 4 is 21.8 Å². The minimum atomic E-state index is -0.0216. The van der Waals surface area contributed by atoms with Crippen molar-refractivity contribution in [3.63, 3.8) is 0 Å². The summed E-state index contributed by atoms with van der Waals surface area (Å²) in [6.45, 7) is 2.53. The summed E-state index contributed by atoms with van der Waals surface area (Å²) in [5.74, 6) is 0.512. The predicted octanol–water partition coefficient (Wildman–Crippen LogP) is 3.39. The summed E-state index contributed by atoms with van der Waals surface area (Å²) in [6.07, 6.45) is 6.19. The average Bonchev–Trinajstić information content (AvgIpc) is 2.48. The van der Waals surface area contributed by atoms with Gasteiger partial charge in [0.1, 0.15) is 0 Å². The van der Waals surface area contributed by atoms with Crippen LogP contribution in [0.2, 0.25) is 0 Å². The van der Waals surface area contributed by atoms with Crippen LogP contribution in [-0.4, -0.2) is 18.5 Å². The van der Waals surface area contributed by atoms with E-state index in [0.717, 1.165) is 10.0 Å². The highest BCUT2D eigenvalue weighted by Crippen LogP contribution is 2.26. The number of benzene rings is 1. The quantitative estimate of drug-likeness (QED) is 0.883. The molecule has 4 heteroatoms. The first-order chi connectivity index (χ1) is 9.61. The van der Waals surface area contributed by atoms with Crippen molar-refractivity contribution in [3.8, 4) is 0 Å². The molecule has 1 unspecified atom stereocenters. The van der Waals surface area contributed by atoms with E-state index in [0.29, 0.717) is 18.0 Å². The number of hydrogen-bond donors (Lipinski definition) is 2. The monoisotopic (exact) mass is 338 g/mol. The van der Waals surface area contributed by atoms with Crippen molar-refractivity contribution in [1.82, 2.24) is 5.32 Å². The second kappa shape index (κ2) is 7.23. The molecule has 0 spiro atoms. The van der Waals surface area contributed by atoms with E-state index in [-0.39, 0.29) is 11.9 Å². The molecule has 1 aliphatic carbocycles. The Morgan fingerprint density at radius 3 is 2.70 bits per heavy atom. The lowest BCUT2D eigenvalue weighted by molar-refractivity contribution is 0.0915. The summed E-state index contributed by atoms with van der Waals surface area (Å²) < 4.78 is 0.965. The Hall–Kier alpha value is -0.870. The maximum absolute atomic E-state index is 12.3. The Labute approximate surface area is 129 Å². The van der Waals surface area contributed by atoms with Gasteiger partial charge in [-0.15, -0.1) is 0 Å². The third kappa shape index (κ3) is 3.83. The van der Waals surface area contributed by atoms with Gasteiger partial charge in [-0.25, -0.2) is 0 Å². The molecule has 3 nitrogen and oxygen atoms in total. The molecule has 1 atom stereocenters. The molecule has 1 aliphatic rings. The second-order valence-electron chi connectivity index (χ2n) is 5.68. The van der Waals surface area contributed by atoms with Crippen LogP contribution in [0.15, 0.2) is 22.7 Å². The zero-order valence-corrected chi connectivity index (χ0v) is 13.6. The van der Waals surface area contributed by atoms with Gasteiger partial charge in [0.05, 0.1) is 0 Å². The molecule has 1 fully saturated rings. The van der Waals surface area contributed by atoms with Gasteiger partial charge in [-0.3, -0.25) is 4.79 Å². The highest BCUT2D eigenvalue weighted by molar-refractivity contribution is 9.10. The topological polar surface area (TPSA) is 55.1 Å². The van der Waals surface area contributed by atoms with Crippen LogP contribution < -0.4 is 11.1 Å². The number of amides is 1. The molecule has 110 valence electrons. The highest BCUT2D eigenvalue weighted by Gasteiger charge is 2.24. The smallest absolute Gasteiger partial charge is 0.251 e. The third-order valence-electron chi connectivity index (χ3n) is 4.22. The Bertz CT molecular complexity index is 470. The molecule has 20 heavy (non-hydrogen) atoms. The summed E-state index contributed by atoms with van der Waals surface area (Å²) >= 11 is 3.47. The Kier molecular flexibility index (Phi) is 5.61. The Morgan fingerprint density at radius 1 is 1.40 bits per heavy atom. The maximum Gasteiger partial charge on any atom is 0.251 e. The number of carbonyl (C=O) groups is 1. The van der Waals surface area contributed by atoms with Gasteiger partial charge in [-0.05, 0) is 43.4 Å². The molecule has 1 aromatic carbocycles. The minimum absolute atomic E-state index is 0.0216. The largest absolute Gasteiger partial charge is 0.348 e. The van der Waals surface area contributed by atoms with Gasteiger partial charge < -0.3 is 11.1 Å². The van der Waals surface area contributed by atoms with Crippen molar-refractivity contribution in [2.75, 3.05) is 6.54 Å². The number of carbonyl (C=O) groups excluding carboxylic acids is 1. The van der Waals surface area contributed by atoms with Crippen LogP contribution >= 0.6 is 15.9 Å². The summed E-state index contributed by atoms with van der Waals surface area (Å²) in [6, 6.07) is 5.79. The van der Waals surface area contributed by atoms with Crippen molar-refractivity contribution in [2.24, 2.45) is 11.7 Å². The lowest BCUT2D eigenvalue weighted by Crippen LogP contribution is -2.45. The average molecular weight is 339 g/mol. The van der Waals surface area contributed by atoms with Crippen LogP contribution in [0.3, 0.4) is 0 Å². The van der Waals surface area contributed by atoms with Gasteiger partial charge in [0.15, 0.2) is 0 Å². The molecular formula is C16H23BrN2O. The number of halogens is 1. The molecule has 1 aromatic rings. The van der Waals surface area contributed by atoms with Crippen LogP contribution in [0.1, 0.15) is 48.0 Å². The Morgan fingerprint density at radius 2 is 2.10 bits per heavy atom. The normalized spacial score (nSPS) is 17.8. The van der Waals surface area contributed by atoms with Crippen LogP contribution in [0, 0.1) is 12.8 Å². The standard InChI is InChI=1S/C16H23BrN2O/c1-11-7-8-13(9-14(11)17)16(20)19-15(10-18)12-5-3-2-4-6-12/h7-9,12,15H,2-6,10,18H2,1H3,(H,19,20). The molecule has 3 N–H and O–H groups in total. The molecule has 0 saturated heterocycles. The first kappa shape index (κ1) is 15.5. The molecular weight excluding hydrogens is 316 g/mol. The maximum atomic E-state index is 12.3. The minimum Gasteiger partial charge on any atom is -0.348 e. The van der Waals surface area contributed by atoms with Gasteiger partial charge in [0.2, 0.25) is 0 Å². The molecule has 0 radical (unpaired) electrons. The van der Waals surface area contributed by atoms with E-state index in [4.69, 9.17) is 5.73 Å². The van der Waals surface area contributed by atoms with Crippen LogP contribution in [-0.2, 0) is 0 Å². The first-order valence-corrected chi connectivity index (χ1v) is 8.18. The predicted molar refractivity (Wildman–Crippen MR) is 85.8 cm³/mol. The van der Waals surface area contributed by atoms with Gasteiger partial charge in [0, 0.05) is 22.6 Å². The molecule has 2 rings (SSSR count). The van der Waals surface area contributed by atoms with E-state index < -0.39 is 0 Å². The van der Waals surface area contributed by atoms with Gasteiger partial charge in [-0.2, -0.15) is 0 Å².